The van der Waals surface area contributed by atoms with E-state index in [1.807, 2.05) is 6.92 Å². The number of carbonyl (C=O) groups excluding carboxylic acids is 3. The number of imide groups is 1. The monoisotopic (exact) mass is 703 g/mol. The van der Waals surface area contributed by atoms with Crippen LogP contribution in [0.3, 0.4) is 0 Å². The predicted molar refractivity (Wildman–Crippen MR) is 163 cm³/mol. The Balaban J connectivity index is 1.34. The van der Waals surface area contributed by atoms with E-state index in [-0.39, 0.29) is 10.6 Å². The Morgan fingerprint density at radius 2 is 1.77 bits per heavy atom. The van der Waals surface area contributed by atoms with Gasteiger partial charge in [-0.15, -0.1) is 0 Å². The Kier molecular flexibility index (Phi) is 7.92. The minimum absolute atomic E-state index is 0.170. The Morgan fingerprint density at radius 3 is 2.50 bits per heavy atom. The van der Waals surface area contributed by atoms with Gasteiger partial charge < -0.3 is 15.0 Å². The van der Waals surface area contributed by atoms with Crippen LogP contribution in [0.25, 0.3) is 0 Å². The molecule has 14 heteroatoms. The average molecular weight is 705 g/mol. The lowest BCUT2D eigenvalue weighted by atomic mass is 9.82. The molecule has 1 fully saturated rings. The molecule has 226 valence electrons. The molecule has 0 aliphatic carbocycles. The van der Waals surface area contributed by atoms with Gasteiger partial charge in [0.05, 0.1) is 27.9 Å². The summed E-state index contributed by atoms with van der Waals surface area (Å²) in [4.78, 5) is 57.0. The van der Waals surface area contributed by atoms with E-state index in [2.05, 4.69) is 26.2 Å². The van der Waals surface area contributed by atoms with Crippen molar-refractivity contribution in [3.63, 3.8) is 0 Å². The molecular weight excluding hydrogens is 683 g/mol. The third-order valence-corrected chi connectivity index (χ3v) is 10.2. The van der Waals surface area contributed by atoms with Gasteiger partial charge in [-0.2, -0.15) is 13.2 Å². The molecule has 2 N–H and O–H groups in total. The van der Waals surface area contributed by atoms with Crippen LogP contribution in [0.5, 0.6) is 5.75 Å². The molecule has 2 aliphatic heterocycles. The van der Waals surface area contributed by atoms with E-state index in [1.165, 1.54) is 12.1 Å². The first-order valence-electron chi connectivity index (χ1n) is 13.1. The first-order valence-corrected chi connectivity index (χ1v) is 15.6. The fourth-order valence-electron chi connectivity index (χ4n) is 5.36. The maximum atomic E-state index is 14.0. The number of aromatic nitrogens is 1. The summed E-state index contributed by atoms with van der Waals surface area (Å²) < 4.78 is 46.7. The summed E-state index contributed by atoms with van der Waals surface area (Å²) in [6.45, 7) is 1.25. The third kappa shape index (κ3) is 5.57. The van der Waals surface area contributed by atoms with Gasteiger partial charge in [-0.05, 0) is 49.4 Å². The lowest BCUT2D eigenvalue weighted by Gasteiger charge is -2.31. The number of amides is 3. The second-order valence-electron chi connectivity index (χ2n) is 10.2. The molecule has 2 aliphatic rings. The second kappa shape index (κ2) is 11.6. The molecule has 44 heavy (non-hydrogen) atoms. The highest BCUT2D eigenvalue weighted by Crippen LogP contribution is 2.54. The van der Waals surface area contributed by atoms with Gasteiger partial charge in [0, 0.05) is 20.8 Å². The SMILES string of the molecule is Cc1ccc(N2C(=O)C3Sc4[nH]c(=O)sc4C(c4cc(Br)ccc4OCC(=O)Nc4ccccc4C(F)(F)F)C3C2=O)cc1. The number of halogens is 4. The molecule has 0 saturated carbocycles. The molecule has 0 spiro atoms. The normalized spacial score (nSPS) is 19.5. The number of hydrogen-bond donors (Lipinski definition) is 2. The van der Waals surface area contributed by atoms with Crippen molar-refractivity contribution in [2.24, 2.45) is 5.92 Å². The molecule has 3 atom stereocenters. The molecule has 3 aromatic carbocycles. The maximum Gasteiger partial charge on any atom is 0.418 e. The summed E-state index contributed by atoms with van der Waals surface area (Å²) >= 11 is 5.48. The number of thiazole rings is 1. The van der Waals surface area contributed by atoms with Crippen LogP contribution in [0.2, 0.25) is 0 Å². The minimum Gasteiger partial charge on any atom is -0.483 e. The Bertz CT molecular complexity index is 1860. The predicted octanol–water partition coefficient (Wildman–Crippen LogP) is 6.34. The number of carbonyl (C=O) groups is 3. The number of aryl methyl sites for hydroxylation is 1. The van der Waals surface area contributed by atoms with Gasteiger partial charge in [0.2, 0.25) is 11.8 Å². The second-order valence-corrected chi connectivity index (χ2v) is 13.2. The highest BCUT2D eigenvalue weighted by molar-refractivity contribution is 9.10. The first kappa shape index (κ1) is 30.2. The standard InChI is InChI=1S/C30H21BrF3N3O5S2/c1-14-6-9-16(10-7-14)37-27(39)23-22(24-26(36-29(41)44-24)43-25(23)28(37)40)17-12-15(31)8-11-20(17)42-13-21(38)35-19-5-3-2-4-18(19)30(32,33)34/h2-12,22-23,25H,13H2,1H3,(H,35,38)(H,36,41). The Morgan fingerprint density at radius 1 is 1.05 bits per heavy atom. The molecule has 3 amide bonds. The summed E-state index contributed by atoms with van der Waals surface area (Å²) in [5, 5.41) is 1.87. The van der Waals surface area contributed by atoms with Crippen molar-refractivity contribution in [2.45, 2.75) is 29.3 Å². The number of H-pyrrole nitrogens is 1. The molecule has 1 aromatic heterocycles. The van der Waals surface area contributed by atoms with E-state index < -0.39 is 58.8 Å². The summed E-state index contributed by atoms with van der Waals surface area (Å²) in [6.07, 6.45) is -4.67. The van der Waals surface area contributed by atoms with E-state index in [1.54, 1.807) is 42.5 Å². The molecule has 0 radical (unpaired) electrons. The largest absolute Gasteiger partial charge is 0.483 e. The van der Waals surface area contributed by atoms with Crippen molar-refractivity contribution in [1.82, 2.24) is 4.98 Å². The minimum atomic E-state index is -4.67. The van der Waals surface area contributed by atoms with Gasteiger partial charge in [-0.1, -0.05) is 68.9 Å². The van der Waals surface area contributed by atoms with Crippen LogP contribution in [0, 0.1) is 12.8 Å². The molecule has 8 nitrogen and oxygen atoms in total. The fraction of sp³-hybridized carbons (Fsp3) is 0.200. The van der Waals surface area contributed by atoms with Gasteiger partial charge in [0.25, 0.3) is 5.91 Å². The van der Waals surface area contributed by atoms with Crippen molar-refractivity contribution < 1.29 is 32.3 Å². The van der Waals surface area contributed by atoms with Crippen LogP contribution >= 0.6 is 39.0 Å². The lowest BCUT2D eigenvalue weighted by molar-refractivity contribution is -0.137. The molecule has 4 aromatic rings. The van der Waals surface area contributed by atoms with Crippen LogP contribution in [-0.4, -0.2) is 34.6 Å². The maximum absolute atomic E-state index is 14.0. The lowest BCUT2D eigenvalue weighted by Crippen LogP contribution is -2.32. The number of alkyl halides is 3. The Hall–Kier alpha value is -3.88. The summed E-state index contributed by atoms with van der Waals surface area (Å²) in [6, 6.07) is 16.5. The number of anilines is 2. The molecule has 0 bridgehead atoms. The topological polar surface area (TPSA) is 109 Å². The number of ether oxygens (including phenoxy) is 1. The van der Waals surface area contributed by atoms with Gasteiger partial charge >= 0.3 is 11.0 Å². The van der Waals surface area contributed by atoms with Crippen LogP contribution in [0.15, 0.2) is 81.0 Å². The van der Waals surface area contributed by atoms with Crippen molar-refractivity contribution in [3.8, 4) is 5.75 Å². The highest BCUT2D eigenvalue weighted by atomic mass is 79.9. The highest BCUT2D eigenvalue weighted by Gasteiger charge is 2.56. The van der Waals surface area contributed by atoms with Crippen molar-refractivity contribution in [1.29, 1.82) is 0 Å². The van der Waals surface area contributed by atoms with Crippen LogP contribution < -0.4 is 19.8 Å². The van der Waals surface area contributed by atoms with Crippen LogP contribution in [0.1, 0.15) is 27.5 Å². The van der Waals surface area contributed by atoms with E-state index in [4.69, 9.17) is 4.74 Å². The smallest absolute Gasteiger partial charge is 0.418 e. The number of thioether (sulfide) groups is 1. The summed E-state index contributed by atoms with van der Waals surface area (Å²) in [5.74, 6) is -3.23. The van der Waals surface area contributed by atoms with E-state index in [0.717, 1.165) is 45.7 Å². The zero-order valence-electron chi connectivity index (χ0n) is 22.6. The van der Waals surface area contributed by atoms with E-state index >= 15 is 0 Å². The summed E-state index contributed by atoms with van der Waals surface area (Å²) in [7, 11) is 0. The van der Waals surface area contributed by atoms with Gasteiger partial charge in [0.15, 0.2) is 6.61 Å². The number of rotatable bonds is 6. The zero-order chi connectivity index (χ0) is 31.3. The number of nitrogens with zero attached hydrogens (tertiary/aromatic N) is 1. The third-order valence-electron chi connectivity index (χ3n) is 7.29. The van der Waals surface area contributed by atoms with Gasteiger partial charge in [-0.3, -0.25) is 19.2 Å². The van der Waals surface area contributed by atoms with Crippen molar-refractivity contribution >= 4 is 68.1 Å². The number of aromatic amines is 1. The van der Waals surface area contributed by atoms with Gasteiger partial charge in [0.1, 0.15) is 11.0 Å². The molecular formula is C30H21BrF3N3O5S2. The molecule has 1 saturated heterocycles. The van der Waals surface area contributed by atoms with Gasteiger partial charge in [-0.25, -0.2) is 4.90 Å². The average Bonchev–Trinajstić information content (AvgIpc) is 3.46. The van der Waals surface area contributed by atoms with Crippen molar-refractivity contribution in [3.05, 3.63) is 102 Å². The number of benzene rings is 3. The van der Waals surface area contributed by atoms with Crippen LogP contribution in [-0.2, 0) is 20.6 Å². The number of hydrogen-bond acceptors (Lipinski definition) is 7. The number of nitrogens with one attached hydrogen (secondary N) is 2. The number of para-hydroxylation sites is 1. The van der Waals surface area contributed by atoms with E-state index in [9.17, 15) is 32.3 Å². The van der Waals surface area contributed by atoms with Crippen molar-refractivity contribution in [2.75, 3.05) is 16.8 Å². The Labute approximate surface area is 264 Å². The van der Waals surface area contributed by atoms with E-state index in [0.29, 0.717) is 25.6 Å². The fourth-order valence-corrected chi connectivity index (χ4v) is 8.25. The molecule has 3 unspecified atom stereocenters. The first-order chi connectivity index (χ1) is 20.9. The molecule has 6 rings (SSSR count). The van der Waals surface area contributed by atoms with Crippen LogP contribution in [0.4, 0.5) is 24.5 Å². The molecule has 3 heterocycles. The zero-order valence-corrected chi connectivity index (χ0v) is 25.8. The quantitative estimate of drug-likeness (QED) is 0.227. The number of fused-ring (bicyclic) bond motifs is 2. The summed E-state index contributed by atoms with van der Waals surface area (Å²) in [5.41, 5.74) is 0.407.